The number of carbonyl (C=O) groups is 1. The summed E-state index contributed by atoms with van der Waals surface area (Å²) in [7, 11) is 0. The van der Waals surface area contributed by atoms with E-state index in [1.165, 1.54) is 0 Å². The highest BCUT2D eigenvalue weighted by molar-refractivity contribution is 5.73. The van der Waals surface area contributed by atoms with Crippen LogP contribution in [-0.4, -0.2) is 58.8 Å². The maximum Gasteiger partial charge on any atom is 0.217 e. The third-order valence-corrected chi connectivity index (χ3v) is 2.03. The number of hydrogen-bond donors (Lipinski definition) is 1. The zero-order chi connectivity index (χ0) is 13.5. The molecule has 0 aromatic rings. The summed E-state index contributed by atoms with van der Waals surface area (Å²) in [6, 6.07) is 0. The Balaban J connectivity index is 2.92. The first kappa shape index (κ1) is 17.3. The van der Waals surface area contributed by atoms with Crippen molar-refractivity contribution in [3.63, 3.8) is 0 Å². The van der Waals surface area contributed by atoms with Gasteiger partial charge in [-0.25, -0.2) is 0 Å². The van der Waals surface area contributed by atoms with E-state index in [0.717, 1.165) is 0 Å². The summed E-state index contributed by atoms with van der Waals surface area (Å²) >= 11 is 0. The van der Waals surface area contributed by atoms with Crippen LogP contribution in [0.5, 0.6) is 0 Å². The first-order valence-electron chi connectivity index (χ1n) is 6.36. The van der Waals surface area contributed by atoms with Gasteiger partial charge in [-0.1, -0.05) is 0 Å². The Bertz CT molecular complexity index is 189. The molecule has 2 N–H and O–H groups in total. The lowest BCUT2D eigenvalue weighted by Gasteiger charge is -2.06. The third kappa shape index (κ3) is 15.3. The summed E-state index contributed by atoms with van der Waals surface area (Å²) in [5, 5.41) is 0. The van der Waals surface area contributed by atoms with Gasteiger partial charge >= 0.3 is 0 Å². The van der Waals surface area contributed by atoms with Crippen molar-refractivity contribution in [2.75, 3.05) is 52.9 Å². The maximum atomic E-state index is 10.4. The first-order chi connectivity index (χ1) is 8.77. The highest BCUT2D eigenvalue weighted by atomic mass is 16.6. The quantitative estimate of drug-likeness (QED) is 0.457. The molecule has 0 aromatic carbocycles. The van der Waals surface area contributed by atoms with Gasteiger partial charge in [0.2, 0.25) is 5.91 Å². The number of amides is 1. The molecule has 0 saturated carbocycles. The van der Waals surface area contributed by atoms with E-state index in [1.54, 1.807) is 0 Å². The Kier molecular flexibility index (Phi) is 13.8. The minimum Gasteiger partial charge on any atom is -0.379 e. The number of nitrogens with two attached hydrogens (primary N) is 1. The van der Waals surface area contributed by atoms with Crippen molar-refractivity contribution in [2.24, 2.45) is 5.73 Å². The Morgan fingerprint density at radius 2 is 1.28 bits per heavy atom. The second-order valence-corrected chi connectivity index (χ2v) is 3.60. The lowest BCUT2D eigenvalue weighted by atomic mass is 10.3. The van der Waals surface area contributed by atoms with Crippen LogP contribution in [0, 0.1) is 0 Å². The Morgan fingerprint density at radius 1 is 0.833 bits per heavy atom. The van der Waals surface area contributed by atoms with Crippen molar-refractivity contribution < 1.29 is 23.7 Å². The van der Waals surface area contributed by atoms with Gasteiger partial charge < -0.3 is 24.7 Å². The molecule has 0 rings (SSSR count). The molecular formula is C12H25NO5. The van der Waals surface area contributed by atoms with E-state index >= 15 is 0 Å². The summed E-state index contributed by atoms with van der Waals surface area (Å²) in [4.78, 5) is 10.4. The molecule has 0 saturated heterocycles. The second-order valence-electron chi connectivity index (χ2n) is 3.60. The normalized spacial score (nSPS) is 10.7. The minimum absolute atomic E-state index is 0.293. The molecule has 0 unspecified atom stereocenters. The van der Waals surface area contributed by atoms with Crippen LogP contribution in [0.1, 0.15) is 19.8 Å². The molecule has 0 aliphatic rings. The predicted octanol–water partition coefficient (Wildman–Crippen LogP) is 0.338. The van der Waals surface area contributed by atoms with Crippen LogP contribution in [0.4, 0.5) is 0 Å². The van der Waals surface area contributed by atoms with Gasteiger partial charge in [-0.3, -0.25) is 4.79 Å². The van der Waals surface area contributed by atoms with Crippen LogP contribution in [0.25, 0.3) is 0 Å². The van der Waals surface area contributed by atoms with E-state index in [9.17, 15) is 4.79 Å². The van der Waals surface area contributed by atoms with E-state index in [2.05, 4.69) is 0 Å². The number of primary amides is 1. The number of hydrogen-bond acceptors (Lipinski definition) is 5. The smallest absolute Gasteiger partial charge is 0.217 e. The predicted molar refractivity (Wildman–Crippen MR) is 67.4 cm³/mol. The molecule has 0 radical (unpaired) electrons. The van der Waals surface area contributed by atoms with Gasteiger partial charge in [-0.2, -0.15) is 0 Å². The molecule has 108 valence electrons. The van der Waals surface area contributed by atoms with Gasteiger partial charge in [0.15, 0.2) is 0 Å². The largest absolute Gasteiger partial charge is 0.379 e. The van der Waals surface area contributed by atoms with Crippen LogP contribution in [-0.2, 0) is 23.7 Å². The van der Waals surface area contributed by atoms with Crippen molar-refractivity contribution in [3.05, 3.63) is 0 Å². The molecule has 6 heteroatoms. The summed E-state index contributed by atoms with van der Waals surface area (Å²) in [6.07, 6.45) is 1.03. The van der Waals surface area contributed by atoms with Crippen molar-refractivity contribution >= 4 is 5.91 Å². The average molecular weight is 263 g/mol. The van der Waals surface area contributed by atoms with E-state index in [-0.39, 0.29) is 5.91 Å². The summed E-state index contributed by atoms with van der Waals surface area (Å²) in [5.74, 6) is -0.293. The summed E-state index contributed by atoms with van der Waals surface area (Å²) in [5.41, 5.74) is 4.99. The number of carbonyl (C=O) groups excluding carboxylic acids is 1. The molecule has 0 heterocycles. The Morgan fingerprint density at radius 3 is 1.72 bits per heavy atom. The molecule has 0 fully saturated rings. The van der Waals surface area contributed by atoms with Crippen LogP contribution < -0.4 is 5.73 Å². The fourth-order valence-corrected chi connectivity index (χ4v) is 1.15. The van der Waals surface area contributed by atoms with E-state index in [1.807, 2.05) is 6.92 Å². The molecule has 0 aliphatic heterocycles. The van der Waals surface area contributed by atoms with Gasteiger partial charge in [0.1, 0.15) is 0 Å². The minimum atomic E-state index is -0.293. The zero-order valence-corrected chi connectivity index (χ0v) is 11.2. The van der Waals surface area contributed by atoms with Crippen molar-refractivity contribution in [1.29, 1.82) is 0 Å². The SMILES string of the molecule is CCOCCOCCOCCOCCCC(N)=O. The van der Waals surface area contributed by atoms with E-state index < -0.39 is 0 Å². The van der Waals surface area contributed by atoms with Gasteiger partial charge in [0.05, 0.1) is 39.6 Å². The molecule has 0 atom stereocenters. The molecule has 6 nitrogen and oxygen atoms in total. The van der Waals surface area contributed by atoms with E-state index in [0.29, 0.717) is 65.7 Å². The Labute approximate surface area is 109 Å². The fourth-order valence-electron chi connectivity index (χ4n) is 1.15. The molecule has 0 aromatic heterocycles. The number of rotatable bonds is 14. The van der Waals surface area contributed by atoms with Crippen molar-refractivity contribution in [3.8, 4) is 0 Å². The number of ether oxygens (including phenoxy) is 4. The zero-order valence-electron chi connectivity index (χ0n) is 11.2. The summed E-state index contributed by atoms with van der Waals surface area (Å²) in [6.45, 7) is 6.60. The first-order valence-corrected chi connectivity index (χ1v) is 6.36. The molecule has 1 amide bonds. The molecule has 18 heavy (non-hydrogen) atoms. The molecule has 0 spiro atoms. The lowest BCUT2D eigenvalue weighted by molar-refractivity contribution is -0.118. The average Bonchev–Trinajstić information content (AvgIpc) is 2.34. The van der Waals surface area contributed by atoms with Gasteiger partial charge in [-0.05, 0) is 13.3 Å². The van der Waals surface area contributed by atoms with Crippen LogP contribution in [0.2, 0.25) is 0 Å². The van der Waals surface area contributed by atoms with Crippen molar-refractivity contribution in [1.82, 2.24) is 0 Å². The molecule has 0 bridgehead atoms. The maximum absolute atomic E-state index is 10.4. The topological polar surface area (TPSA) is 80.0 Å². The third-order valence-electron chi connectivity index (χ3n) is 2.03. The second kappa shape index (κ2) is 14.4. The highest BCUT2D eigenvalue weighted by Crippen LogP contribution is 1.89. The Hall–Kier alpha value is -0.690. The lowest BCUT2D eigenvalue weighted by Crippen LogP contribution is -2.13. The van der Waals surface area contributed by atoms with Crippen LogP contribution in [0.3, 0.4) is 0 Å². The molecular weight excluding hydrogens is 238 g/mol. The highest BCUT2D eigenvalue weighted by Gasteiger charge is 1.95. The van der Waals surface area contributed by atoms with E-state index in [4.69, 9.17) is 24.7 Å². The van der Waals surface area contributed by atoms with Gasteiger partial charge in [0.25, 0.3) is 0 Å². The van der Waals surface area contributed by atoms with Crippen LogP contribution >= 0.6 is 0 Å². The van der Waals surface area contributed by atoms with Gasteiger partial charge in [0, 0.05) is 19.6 Å². The summed E-state index contributed by atoms with van der Waals surface area (Å²) < 4.78 is 20.9. The molecule has 0 aliphatic carbocycles. The van der Waals surface area contributed by atoms with Crippen molar-refractivity contribution in [2.45, 2.75) is 19.8 Å². The van der Waals surface area contributed by atoms with Crippen LogP contribution in [0.15, 0.2) is 0 Å². The fraction of sp³-hybridized carbons (Fsp3) is 0.917. The monoisotopic (exact) mass is 263 g/mol. The standard InChI is InChI=1S/C12H25NO5/c1-2-15-6-7-17-10-11-18-9-8-16-5-3-4-12(13)14/h2-11H2,1H3,(H2,13,14). The van der Waals surface area contributed by atoms with Gasteiger partial charge in [-0.15, -0.1) is 0 Å².